The number of fused-ring (bicyclic) bond motifs is 11. The zero-order valence-corrected chi connectivity index (χ0v) is 25.2. The molecule has 2 aliphatic heterocycles. The van der Waals surface area contributed by atoms with Crippen molar-refractivity contribution in [2.75, 3.05) is 0 Å². The zero-order valence-electron chi connectivity index (χ0n) is 25.2. The Labute approximate surface area is 270 Å². The lowest BCUT2D eigenvalue weighted by Gasteiger charge is -2.33. The summed E-state index contributed by atoms with van der Waals surface area (Å²) < 4.78 is 18.3. The number of para-hydroxylation sites is 5. The molecule has 47 heavy (non-hydrogen) atoms. The van der Waals surface area contributed by atoms with Crippen molar-refractivity contribution in [2.24, 2.45) is 0 Å². The highest BCUT2D eigenvalue weighted by Gasteiger charge is 2.40. The molecule has 11 rings (SSSR count). The van der Waals surface area contributed by atoms with Gasteiger partial charge in [-0.3, -0.25) is 0 Å². The third-order valence-corrected chi connectivity index (χ3v) is 10.0. The quantitative estimate of drug-likeness (QED) is 0.186. The lowest BCUT2D eigenvalue weighted by molar-refractivity contribution is 0.464. The van der Waals surface area contributed by atoms with Gasteiger partial charge in [-0.05, 0) is 47.3 Å². The molecule has 9 aromatic rings. The van der Waals surface area contributed by atoms with Gasteiger partial charge in [-0.15, -0.1) is 0 Å². The maximum absolute atomic E-state index is 6.73. The van der Waals surface area contributed by atoms with Gasteiger partial charge in [0, 0.05) is 44.8 Å². The van der Waals surface area contributed by atoms with Gasteiger partial charge in [-0.25, -0.2) is 0 Å². The van der Waals surface area contributed by atoms with Crippen LogP contribution in [0.3, 0.4) is 0 Å². The second-order valence-electron chi connectivity index (χ2n) is 12.5. The maximum Gasteiger partial charge on any atom is 0.260 e. The normalized spacial score (nSPS) is 13.0. The monoisotopic (exact) mass is 600 g/mol. The molecule has 0 bridgehead atoms. The Balaban J connectivity index is 1.28. The predicted octanol–water partition coefficient (Wildman–Crippen LogP) is 8.61. The molecule has 0 atom stereocenters. The highest BCUT2D eigenvalue weighted by Crippen LogP contribution is 2.43. The van der Waals surface area contributed by atoms with Gasteiger partial charge in [-0.1, -0.05) is 103 Å². The van der Waals surface area contributed by atoms with E-state index in [0.717, 1.165) is 61.8 Å². The average Bonchev–Trinajstić information content (AvgIpc) is 3.65. The molecule has 7 aromatic carbocycles. The molecule has 0 amide bonds. The Bertz CT molecular complexity index is 2690. The van der Waals surface area contributed by atoms with E-state index in [2.05, 4.69) is 149 Å². The molecule has 4 heterocycles. The first-order chi connectivity index (χ1) is 23.3. The van der Waals surface area contributed by atoms with Crippen LogP contribution in [-0.4, -0.2) is 15.8 Å². The Morgan fingerprint density at radius 1 is 0.383 bits per heavy atom. The van der Waals surface area contributed by atoms with Crippen LogP contribution in [0, 0.1) is 0 Å². The molecule has 0 aliphatic carbocycles. The molecule has 0 radical (unpaired) electrons. The molecule has 218 valence electrons. The Morgan fingerprint density at radius 3 is 1.43 bits per heavy atom. The summed E-state index contributed by atoms with van der Waals surface area (Å²) in [6, 6.07) is 53.9. The van der Waals surface area contributed by atoms with E-state index in [1.165, 1.54) is 32.6 Å². The maximum atomic E-state index is 6.73. The minimum absolute atomic E-state index is 0.0365. The first kappa shape index (κ1) is 25.0. The predicted molar refractivity (Wildman–Crippen MR) is 193 cm³/mol. The molecular formula is C42H25BN2O2. The number of ether oxygens (including phenoxy) is 2. The Hall–Kier alpha value is -6.20. The van der Waals surface area contributed by atoms with Crippen molar-refractivity contribution >= 4 is 66.7 Å². The van der Waals surface area contributed by atoms with Gasteiger partial charge >= 0.3 is 0 Å². The van der Waals surface area contributed by atoms with E-state index in [0.29, 0.717) is 0 Å². The lowest BCUT2D eigenvalue weighted by Crippen LogP contribution is -2.57. The first-order valence-corrected chi connectivity index (χ1v) is 16.1. The molecule has 0 unspecified atom stereocenters. The summed E-state index contributed by atoms with van der Waals surface area (Å²) in [6.45, 7) is 0.0365. The van der Waals surface area contributed by atoms with Crippen molar-refractivity contribution in [3.63, 3.8) is 0 Å². The number of hydrogen-bond donors (Lipinski definition) is 0. The minimum atomic E-state index is 0.0365. The summed E-state index contributed by atoms with van der Waals surface area (Å²) in [5, 5.41) is 4.86. The van der Waals surface area contributed by atoms with Crippen molar-refractivity contribution in [1.29, 1.82) is 0 Å². The molecule has 0 saturated heterocycles. The standard InChI is InChI=1S/C42H25BN2O2/c1-2-12-26(13-3-1)44-34-18-8-4-14-28(34)30-22-23-31-29-15-5-9-19-35(29)45(42(31)41(30)44)27-24-38-40-39(25-27)47-37-21-11-7-17-33(37)43(40)32-16-6-10-20-36(32)46-38/h1-25H. The fourth-order valence-electron chi connectivity index (χ4n) is 8.12. The van der Waals surface area contributed by atoms with Crippen LogP contribution < -0.4 is 25.9 Å². The number of rotatable bonds is 2. The summed E-state index contributed by atoms with van der Waals surface area (Å²) in [4.78, 5) is 0. The number of aromatic nitrogens is 2. The van der Waals surface area contributed by atoms with Gasteiger partial charge in [0.2, 0.25) is 0 Å². The Morgan fingerprint density at radius 2 is 0.851 bits per heavy atom. The van der Waals surface area contributed by atoms with E-state index >= 15 is 0 Å². The van der Waals surface area contributed by atoms with Crippen LogP contribution in [0.25, 0.3) is 55.0 Å². The van der Waals surface area contributed by atoms with Crippen LogP contribution in [-0.2, 0) is 0 Å². The summed E-state index contributed by atoms with van der Waals surface area (Å²) >= 11 is 0. The zero-order chi connectivity index (χ0) is 30.6. The second kappa shape index (κ2) is 9.18. The highest BCUT2D eigenvalue weighted by molar-refractivity contribution is 6.98. The van der Waals surface area contributed by atoms with Crippen molar-refractivity contribution in [2.45, 2.75) is 0 Å². The van der Waals surface area contributed by atoms with E-state index < -0.39 is 0 Å². The third-order valence-electron chi connectivity index (χ3n) is 10.0. The molecule has 2 aromatic heterocycles. The summed E-state index contributed by atoms with van der Waals surface area (Å²) in [7, 11) is 0. The lowest BCUT2D eigenvalue weighted by atomic mass is 9.35. The largest absolute Gasteiger partial charge is 0.458 e. The van der Waals surface area contributed by atoms with Crippen LogP contribution in [0.15, 0.2) is 152 Å². The van der Waals surface area contributed by atoms with E-state index in [4.69, 9.17) is 9.47 Å². The van der Waals surface area contributed by atoms with Crippen LogP contribution in [0.1, 0.15) is 0 Å². The molecule has 0 saturated carbocycles. The fraction of sp³-hybridized carbons (Fsp3) is 0. The number of nitrogens with zero attached hydrogens (tertiary/aromatic N) is 2. The minimum Gasteiger partial charge on any atom is -0.458 e. The summed E-state index contributed by atoms with van der Waals surface area (Å²) in [5.74, 6) is 3.44. The van der Waals surface area contributed by atoms with E-state index in [9.17, 15) is 0 Å². The van der Waals surface area contributed by atoms with Crippen molar-refractivity contribution in [3.8, 4) is 34.4 Å². The van der Waals surface area contributed by atoms with E-state index in [1.54, 1.807) is 0 Å². The van der Waals surface area contributed by atoms with Gasteiger partial charge in [0.25, 0.3) is 6.71 Å². The van der Waals surface area contributed by atoms with Crippen LogP contribution in [0.4, 0.5) is 0 Å². The average molecular weight is 600 g/mol. The first-order valence-electron chi connectivity index (χ1n) is 16.1. The van der Waals surface area contributed by atoms with Crippen LogP contribution in [0.2, 0.25) is 0 Å². The molecule has 0 N–H and O–H groups in total. The van der Waals surface area contributed by atoms with E-state index in [-0.39, 0.29) is 6.71 Å². The van der Waals surface area contributed by atoms with Gasteiger partial charge < -0.3 is 18.6 Å². The third kappa shape index (κ3) is 3.32. The summed E-state index contributed by atoms with van der Waals surface area (Å²) in [5.41, 5.74) is 10.2. The van der Waals surface area contributed by atoms with Gasteiger partial charge in [0.05, 0.1) is 27.8 Å². The molecule has 5 heteroatoms. The molecular weight excluding hydrogens is 575 g/mol. The summed E-state index contributed by atoms with van der Waals surface area (Å²) in [6.07, 6.45) is 0. The smallest absolute Gasteiger partial charge is 0.260 e. The van der Waals surface area contributed by atoms with Crippen LogP contribution in [0.5, 0.6) is 23.0 Å². The van der Waals surface area contributed by atoms with E-state index in [1.807, 2.05) is 12.1 Å². The molecule has 0 fully saturated rings. The Kier molecular flexibility index (Phi) is 4.89. The van der Waals surface area contributed by atoms with Gasteiger partial charge in [0.1, 0.15) is 23.0 Å². The SMILES string of the molecule is c1ccc(-n2c3ccccc3c3ccc4c5ccccc5n(-c5cc6c7c(c5)Oc5ccccc5B7c5ccccc5O6)c4c32)cc1. The van der Waals surface area contributed by atoms with Crippen LogP contribution >= 0.6 is 0 Å². The molecule has 2 aliphatic rings. The number of benzene rings is 7. The van der Waals surface area contributed by atoms with Crippen molar-refractivity contribution < 1.29 is 9.47 Å². The topological polar surface area (TPSA) is 28.3 Å². The highest BCUT2D eigenvalue weighted by atomic mass is 16.5. The second-order valence-corrected chi connectivity index (χ2v) is 12.5. The molecule has 4 nitrogen and oxygen atoms in total. The van der Waals surface area contributed by atoms with Gasteiger partial charge in [0.15, 0.2) is 0 Å². The molecule has 0 spiro atoms. The van der Waals surface area contributed by atoms with Crippen molar-refractivity contribution in [3.05, 3.63) is 152 Å². The number of hydrogen-bond acceptors (Lipinski definition) is 2. The van der Waals surface area contributed by atoms with Crippen molar-refractivity contribution in [1.82, 2.24) is 9.13 Å². The van der Waals surface area contributed by atoms with Gasteiger partial charge in [-0.2, -0.15) is 0 Å². The fourth-order valence-corrected chi connectivity index (χ4v) is 8.12.